The van der Waals surface area contributed by atoms with Crippen LogP contribution in [-0.2, 0) is 11.2 Å². The van der Waals surface area contributed by atoms with Crippen molar-refractivity contribution in [1.82, 2.24) is 14.7 Å². The number of primary amides is 1. The largest absolute Gasteiger partial charge is 0.497 e. The van der Waals surface area contributed by atoms with Gasteiger partial charge in [-0.3, -0.25) is 9.59 Å². The maximum atomic E-state index is 14.1. The van der Waals surface area contributed by atoms with E-state index in [1.165, 1.54) is 4.68 Å². The molecule has 228 valence electrons. The molecule has 43 heavy (non-hydrogen) atoms. The van der Waals surface area contributed by atoms with Gasteiger partial charge in [0.1, 0.15) is 22.8 Å². The molecule has 0 spiro atoms. The Labute approximate surface area is 250 Å². The lowest BCUT2D eigenvalue weighted by Crippen LogP contribution is -2.50. The zero-order valence-electron chi connectivity index (χ0n) is 25.5. The van der Waals surface area contributed by atoms with Gasteiger partial charge in [-0.2, -0.15) is 5.10 Å². The maximum Gasteiger partial charge on any atom is 0.410 e. The molecule has 0 saturated carbocycles. The summed E-state index contributed by atoms with van der Waals surface area (Å²) in [5.74, 6) is 0.338. The second-order valence-electron chi connectivity index (χ2n) is 11.6. The Kier molecular flexibility index (Phi) is 7.96. The van der Waals surface area contributed by atoms with Crippen molar-refractivity contribution in [3.05, 3.63) is 58.9 Å². The van der Waals surface area contributed by atoms with Crippen LogP contribution in [0.2, 0.25) is 0 Å². The first-order valence-electron chi connectivity index (χ1n) is 14.2. The number of rotatable bonds is 6. The fraction of sp³-hybridized carbons (Fsp3) is 0.419. The molecule has 5 rings (SSSR count). The van der Waals surface area contributed by atoms with Crippen LogP contribution in [0.25, 0.3) is 5.69 Å². The molecule has 2 aliphatic rings. The normalized spacial score (nSPS) is 15.3. The summed E-state index contributed by atoms with van der Waals surface area (Å²) in [6.45, 7) is 10.1. The third-order valence-corrected chi connectivity index (χ3v) is 7.69. The minimum absolute atomic E-state index is 0.0917. The van der Waals surface area contributed by atoms with Gasteiger partial charge in [-0.25, -0.2) is 9.48 Å². The van der Waals surface area contributed by atoms with Crippen LogP contribution in [0.15, 0.2) is 36.4 Å². The summed E-state index contributed by atoms with van der Waals surface area (Å²) in [4.78, 5) is 44.5. The molecule has 3 amide bonds. The maximum absolute atomic E-state index is 14.1. The summed E-state index contributed by atoms with van der Waals surface area (Å²) in [6.07, 6.45) is 0.0908. The second kappa shape index (κ2) is 11.5. The number of amides is 3. The molecule has 0 radical (unpaired) electrons. The van der Waals surface area contributed by atoms with Gasteiger partial charge < -0.3 is 34.6 Å². The molecule has 3 heterocycles. The van der Waals surface area contributed by atoms with Crippen molar-refractivity contribution in [2.75, 3.05) is 56.7 Å². The van der Waals surface area contributed by atoms with Gasteiger partial charge in [0.15, 0.2) is 5.69 Å². The highest BCUT2D eigenvalue weighted by Gasteiger charge is 2.36. The Hall–Kier alpha value is -4.74. The molecule has 12 heteroatoms. The molecule has 3 aromatic rings. The van der Waals surface area contributed by atoms with Gasteiger partial charge in [0.05, 0.1) is 31.3 Å². The average molecular weight is 591 g/mol. The Balaban J connectivity index is 1.43. The molecular formula is C31H38N6O6. The highest BCUT2D eigenvalue weighted by molar-refractivity contribution is 6.10. The third-order valence-electron chi connectivity index (χ3n) is 7.69. The van der Waals surface area contributed by atoms with Crippen molar-refractivity contribution < 1.29 is 28.6 Å². The lowest BCUT2D eigenvalue weighted by Gasteiger charge is -2.38. The van der Waals surface area contributed by atoms with Crippen LogP contribution in [0.3, 0.4) is 0 Å². The van der Waals surface area contributed by atoms with Crippen LogP contribution in [0, 0.1) is 6.92 Å². The minimum atomic E-state index is -0.682. The Bertz CT molecular complexity index is 1550. The third kappa shape index (κ3) is 5.69. The smallest absolute Gasteiger partial charge is 0.410 e. The predicted octanol–water partition coefficient (Wildman–Crippen LogP) is 3.56. The number of carbonyl (C=O) groups excluding carboxylic acids is 3. The molecule has 1 fully saturated rings. The molecule has 0 aliphatic carbocycles. The predicted molar refractivity (Wildman–Crippen MR) is 162 cm³/mol. The first kappa shape index (κ1) is 29.7. The van der Waals surface area contributed by atoms with Gasteiger partial charge in [-0.15, -0.1) is 0 Å². The molecular weight excluding hydrogens is 552 g/mol. The molecule has 2 aromatic carbocycles. The molecule has 2 N–H and O–H groups in total. The number of hydrogen-bond donors (Lipinski definition) is 1. The van der Waals surface area contributed by atoms with E-state index in [2.05, 4.69) is 10.00 Å². The van der Waals surface area contributed by atoms with Gasteiger partial charge in [-0.1, -0.05) is 0 Å². The van der Waals surface area contributed by atoms with E-state index in [1.807, 2.05) is 39.8 Å². The topological polar surface area (TPSA) is 132 Å². The van der Waals surface area contributed by atoms with Crippen molar-refractivity contribution in [3.63, 3.8) is 0 Å². The highest BCUT2D eigenvalue weighted by Crippen LogP contribution is 2.40. The first-order chi connectivity index (χ1) is 20.4. The summed E-state index contributed by atoms with van der Waals surface area (Å²) in [5.41, 5.74) is 9.03. The van der Waals surface area contributed by atoms with Crippen molar-refractivity contribution in [3.8, 4) is 17.2 Å². The zero-order valence-corrected chi connectivity index (χ0v) is 25.5. The van der Waals surface area contributed by atoms with Gasteiger partial charge in [-0.05, 0) is 70.5 Å². The van der Waals surface area contributed by atoms with Crippen LogP contribution in [-0.4, -0.2) is 85.1 Å². The Morgan fingerprint density at radius 1 is 0.907 bits per heavy atom. The van der Waals surface area contributed by atoms with E-state index in [1.54, 1.807) is 48.3 Å². The van der Waals surface area contributed by atoms with Crippen LogP contribution in [0.1, 0.15) is 52.9 Å². The number of nitrogens with two attached hydrogens (primary N) is 1. The number of carbonyl (C=O) groups is 3. The number of ether oxygens (including phenoxy) is 3. The van der Waals surface area contributed by atoms with Crippen LogP contribution in [0.4, 0.5) is 16.2 Å². The van der Waals surface area contributed by atoms with Crippen molar-refractivity contribution in [1.29, 1.82) is 0 Å². The molecule has 1 aromatic heterocycles. The second-order valence-corrected chi connectivity index (χ2v) is 11.6. The Morgan fingerprint density at radius 3 is 2.14 bits per heavy atom. The summed E-state index contributed by atoms with van der Waals surface area (Å²) in [6, 6.07) is 10.9. The molecule has 2 aliphatic heterocycles. The number of hydrogen-bond acceptors (Lipinski definition) is 8. The highest BCUT2D eigenvalue weighted by atomic mass is 16.6. The van der Waals surface area contributed by atoms with Gasteiger partial charge >= 0.3 is 6.09 Å². The monoisotopic (exact) mass is 590 g/mol. The number of nitrogens with zero attached hydrogens (tertiary/aromatic N) is 5. The van der Waals surface area contributed by atoms with E-state index in [-0.39, 0.29) is 17.7 Å². The van der Waals surface area contributed by atoms with Crippen molar-refractivity contribution in [2.24, 2.45) is 5.73 Å². The summed E-state index contributed by atoms with van der Waals surface area (Å²) >= 11 is 0. The minimum Gasteiger partial charge on any atom is -0.497 e. The molecule has 0 bridgehead atoms. The van der Waals surface area contributed by atoms with Crippen LogP contribution < -0.4 is 25.0 Å². The van der Waals surface area contributed by atoms with E-state index in [0.29, 0.717) is 73.3 Å². The fourth-order valence-corrected chi connectivity index (χ4v) is 5.62. The first-order valence-corrected chi connectivity index (χ1v) is 14.2. The molecule has 12 nitrogen and oxygen atoms in total. The van der Waals surface area contributed by atoms with E-state index >= 15 is 0 Å². The zero-order chi connectivity index (χ0) is 31.1. The van der Waals surface area contributed by atoms with Crippen molar-refractivity contribution in [2.45, 2.75) is 39.7 Å². The quantitative estimate of drug-likeness (QED) is 0.461. The number of benzene rings is 2. The lowest BCUT2D eigenvalue weighted by molar-refractivity contribution is 0.0240. The molecule has 0 atom stereocenters. The van der Waals surface area contributed by atoms with E-state index in [4.69, 9.17) is 19.9 Å². The fourth-order valence-electron chi connectivity index (χ4n) is 5.62. The number of piperazine rings is 1. The summed E-state index contributed by atoms with van der Waals surface area (Å²) < 4.78 is 18.2. The average Bonchev–Trinajstić information content (AvgIpc) is 3.38. The van der Waals surface area contributed by atoms with E-state index in [9.17, 15) is 14.4 Å². The van der Waals surface area contributed by atoms with Crippen LogP contribution >= 0.6 is 0 Å². The lowest BCUT2D eigenvalue weighted by atomic mass is 10.0. The van der Waals surface area contributed by atoms with Gasteiger partial charge in [0.25, 0.3) is 11.8 Å². The number of anilines is 2. The number of methoxy groups -OCH3 is 2. The van der Waals surface area contributed by atoms with Gasteiger partial charge in [0, 0.05) is 43.9 Å². The molecule has 1 saturated heterocycles. The number of fused-ring (bicyclic) bond motifs is 1. The Morgan fingerprint density at radius 2 is 1.56 bits per heavy atom. The van der Waals surface area contributed by atoms with E-state index in [0.717, 1.165) is 11.3 Å². The number of aromatic nitrogens is 2. The SMILES string of the molecule is COc1ccc(-n2nc(C(N)=O)c3c2C(=O)N(c2ccc(N4CCN(C(=O)OC(C)(C)C)CC4)c(OC)c2C)CC3)cc1. The van der Waals surface area contributed by atoms with Gasteiger partial charge in [0.2, 0.25) is 0 Å². The van der Waals surface area contributed by atoms with Crippen LogP contribution in [0.5, 0.6) is 11.5 Å². The van der Waals surface area contributed by atoms with Crippen molar-refractivity contribution >= 4 is 29.3 Å². The standard InChI is InChI=1S/C31H38N6O6/c1-19-23(11-12-24(27(19)42-6)34-15-17-35(18-16-34)30(40)43-31(2,3)4)36-14-13-22-25(28(32)38)33-37(26(22)29(36)39)20-7-9-21(41-5)10-8-20/h7-12H,13-18H2,1-6H3,(H2,32,38). The summed E-state index contributed by atoms with van der Waals surface area (Å²) in [7, 11) is 3.18. The summed E-state index contributed by atoms with van der Waals surface area (Å²) in [5, 5.41) is 4.45. The van der Waals surface area contributed by atoms with E-state index < -0.39 is 11.5 Å². The molecule has 0 unspecified atom stereocenters.